The molecule has 5 nitrogen and oxygen atoms in total. The summed E-state index contributed by atoms with van der Waals surface area (Å²) < 4.78 is 35.5. The maximum absolute atomic E-state index is 14.1. The molecule has 0 radical (unpaired) electrons. The van der Waals surface area contributed by atoms with E-state index in [0.29, 0.717) is 13.0 Å². The molecule has 27 heavy (non-hydrogen) atoms. The van der Waals surface area contributed by atoms with Crippen LogP contribution in [0.4, 0.5) is 8.78 Å². The predicted molar refractivity (Wildman–Crippen MR) is 98.9 cm³/mol. The molecule has 1 aromatic carbocycles. The summed E-state index contributed by atoms with van der Waals surface area (Å²) >= 11 is 1.81. The highest BCUT2D eigenvalue weighted by Gasteiger charge is 2.37. The molecule has 3 aliphatic rings. The second-order valence-corrected chi connectivity index (χ2v) is 8.94. The Morgan fingerprint density at radius 1 is 1.22 bits per heavy atom. The van der Waals surface area contributed by atoms with Crippen LogP contribution in [0.2, 0.25) is 0 Å². The summed E-state index contributed by atoms with van der Waals surface area (Å²) in [4.78, 5) is 2.32. The van der Waals surface area contributed by atoms with Gasteiger partial charge in [0, 0.05) is 47.7 Å². The first-order valence-corrected chi connectivity index (χ1v) is 10.2. The zero-order chi connectivity index (χ0) is 18.5. The summed E-state index contributed by atoms with van der Waals surface area (Å²) in [6, 6.07) is 3.21. The number of nitrogens with two attached hydrogens (primary N) is 1. The maximum atomic E-state index is 14.1. The first kappa shape index (κ1) is 17.6. The van der Waals surface area contributed by atoms with E-state index in [1.165, 1.54) is 24.5 Å². The topological polar surface area (TPSA) is 56.3 Å². The van der Waals surface area contributed by atoms with E-state index in [0.717, 1.165) is 36.2 Å². The van der Waals surface area contributed by atoms with E-state index in [4.69, 9.17) is 15.6 Å². The molecule has 2 N–H and O–H groups in total. The van der Waals surface area contributed by atoms with Crippen molar-refractivity contribution in [1.82, 2.24) is 14.1 Å². The Kier molecular flexibility index (Phi) is 4.46. The third-order valence-corrected chi connectivity index (χ3v) is 6.72. The first-order valence-electron chi connectivity index (χ1n) is 9.37. The Hall–Kier alpha value is -1.48. The van der Waals surface area contributed by atoms with E-state index in [1.54, 1.807) is 0 Å². The third kappa shape index (κ3) is 3.51. The smallest absolute Gasteiger partial charge is 0.129 e. The van der Waals surface area contributed by atoms with Crippen molar-refractivity contribution in [3.63, 3.8) is 0 Å². The van der Waals surface area contributed by atoms with Gasteiger partial charge in [0.15, 0.2) is 0 Å². The van der Waals surface area contributed by atoms with Gasteiger partial charge in [0.2, 0.25) is 0 Å². The summed E-state index contributed by atoms with van der Waals surface area (Å²) in [6.07, 6.45) is 4.77. The van der Waals surface area contributed by atoms with Crippen molar-refractivity contribution in [2.75, 3.05) is 6.61 Å². The molecule has 2 fully saturated rings. The van der Waals surface area contributed by atoms with Crippen molar-refractivity contribution in [1.29, 1.82) is 0 Å². The monoisotopic (exact) mass is 392 g/mol. The van der Waals surface area contributed by atoms with Crippen LogP contribution in [-0.4, -0.2) is 38.0 Å². The second kappa shape index (κ2) is 6.84. The van der Waals surface area contributed by atoms with Gasteiger partial charge in [0.1, 0.15) is 17.7 Å². The highest BCUT2D eigenvalue weighted by molar-refractivity contribution is 7.98. The van der Waals surface area contributed by atoms with E-state index < -0.39 is 17.7 Å². The van der Waals surface area contributed by atoms with Crippen molar-refractivity contribution in [2.45, 2.75) is 55.8 Å². The Morgan fingerprint density at radius 3 is 2.81 bits per heavy atom. The largest absolute Gasteiger partial charge is 0.370 e. The molecule has 2 aromatic rings. The number of fused-ring (bicyclic) bond motifs is 1. The number of nitrogens with zero attached hydrogens (tertiary/aromatic N) is 3. The van der Waals surface area contributed by atoms with Gasteiger partial charge in [-0.3, -0.25) is 4.90 Å². The van der Waals surface area contributed by atoms with Crippen LogP contribution >= 0.6 is 11.9 Å². The van der Waals surface area contributed by atoms with Gasteiger partial charge < -0.3 is 10.5 Å². The maximum Gasteiger partial charge on any atom is 0.129 e. The zero-order valence-electron chi connectivity index (χ0n) is 14.9. The molecule has 2 unspecified atom stereocenters. The van der Waals surface area contributed by atoms with E-state index >= 15 is 0 Å². The average Bonchev–Trinajstić information content (AvgIpc) is 3.24. The number of aromatic nitrogens is 2. The molecule has 1 aromatic heterocycles. The Bertz CT molecular complexity index is 833. The van der Waals surface area contributed by atoms with Crippen LogP contribution in [0.15, 0.2) is 24.4 Å². The van der Waals surface area contributed by atoms with Crippen molar-refractivity contribution in [3.05, 3.63) is 52.9 Å². The van der Waals surface area contributed by atoms with Gasteiger partial charge in [0.25, 0.3) is 0 Å². The number of ether oxygens (including phenoxy) is 1. The molecule has 144 valence electrons. The molecule has 0 bridgehead atoms. The molecule has 3 atom stereocenters. The van der Waals surface area contributed by atoms with Crippen molar-refractivity contribution in [2.24, 2.45) is 5.73 Å². The van der Waals surface area contributed by atoms with Crippen molar-refractivity contribution in [3.8, 4) is 0 Å². The lowest BCUT2D eigenvalue weighted by Gasteiger charge is -2.38. The van der Waals surface area contributed by atoms with Crippen molar-refractivity contribution >= 4 is 11.9 Å². The van der Waals surface area contributed by atoms with Gasteiger partial charge in [-0.25, -0.2) is 12.9 Å². The molecular weight excluding hydrogens is 370 g/mol. The number of hydrogen-bond donors (Lipinski definition) is 1. The normalized spacial score (nSPS) is 28.5. The molecule has 1 aliphatic carbocycles. The van der Waals surface area contributed by atoms with E-state index in [-0.39, 0.29) is 17.6 Å². The minimum absolute atomic E-state index is 0.159. The van der Waals surface area contributed by atoms with Crippen LogP contribution in [0, 0.1) is 11.6 Å². The summed E-state index contributed by atoms with van der Waals surface area (Å²) in [5, 5.41) is 5.42. The quantitative estimate of drug-likeness (QED) is 0.867. The number of rotatable bonds is 4. The molecule has 1 saturated carbocycles. The van der Waals surface area contributed by atoms with Gasteiger partial charge in [-0.15, -0.1) is 0 Å². The van der Waals surface area contributed by atoms with Crippen LogP contribution in [-0.2, 0) is 17.8 Å². The molecule has 2 aliphatic heterocycles. The molecule has 3 heterocycles. The van der Waals surface area contributed by atoms with E-state index in [9.17, 15) is 8.78 Å². The average molecular weight is 392 g/mol. The van der Waals surface area contributed by atoms with Crippen LogP contribution in [0.1, 0.15) is 42.2 Å². The fraction of sp³-hybridized carbons (Fsp3) is 0.526. The number of halogens is 2. The molecule has 0 amide bonds. The van der Waals surface area contributed by atoms with Crippen LogP contribution in [0.5, 0.6) is 0 Å². The molecule has 1 saturated heterocycles. The summed E-state index contributed by atoms with van der Waals surface area (Å²) in [6.45, 7) is 2.07. The van der Waals surface area contributed by atoms with Gasteiger partial charge in [-0.05, 0) is 49.4 Å². The highest BCUT2D eigenvalue weighted by Crippen LogP contribution is 2.37. The fourth-order valence-electron chi connectivity index (χ4n) is 3.94. The number of benzene rings is 1. The van der Waals surface area contributed by atoms with Gasteiger partial charge >= 0.3 is 0 Å². The SMILES string of the molecule is NC1CC(N2Cc3cn(SC4CC4)nc3C2)CO[C@@H]1c1cc(F)ccc1F. The zero-order valence-corrected chi connectivity index (χ0v) is 15.7. The standard InChI is InChI=1S/C19H22F2N4OS/c20-12-1-4-16(21)15(5-12)19-17(22)6-13(10-26-19)24-7-11-8-25(23-18(11)9-24)27-14-2-3-14/h1,4-5,8,13-14,17,19H,2-3,6-7,9-10,22H2/t13?,17?,19-/m1/s1. The minimum Gasteiger partial charge on any atom is -0.370 e. The van der Waals surface area contributed by atoms with Crippen LogP contribution < -0.4 is 5.73 Å². The molecule has 8 heteroatoms. The highest BCUT2D eigenvalue weighted by atomic mass is 32.2. The Balaban J connectivity index is 1.23. The lowest BCUT2D eigenvalue weighted by Crippen LogP contribution is -2.47. The predicted octanol–water partition coefficient (Wildman–Crippen LogP) is 2.99. The summed E-state index contributed by atoms with van der Waals surface area (Å²) in [5.74, 6) is -0.950. The minimum atomic E-state index is -0.610. The van der Waals surface area contributed by atoms with Gasteiger partial charge in [0.05, 0.1) is 12.3 Å². The number of hydrogen-bond acceptors (Lipinski definition) is 5. The Morgan fingerprint density at radius 2 is 2.07 bits per heavy atom. The summed E-state index contributed by atoms with van der Waals surface area (Å²) in [7, 11) is 0. The van der Waals surface area contributed by atoms with Crippen LogP contribution in [0.3, 0.4) is 0 Å². The molecule has 5 rings (SSSR count). The van der Waals surface area contributed by atoms with Gasteiger partial charge in [-0.2, -0.15) is 5.10 Å². The van der Waals surface area contributed by atoms with Crippen LogP contribution in [0.25, 0.3) is 0 Å². The fourth-order valence-corrected chi connectivity index (χ4v) is 4.93. The van der Waals surface area contributed by atoms with Crippen molar-refractivity contribution < 1.29 is 13.5 Å². The lowest BCUT2D eigenvalue weighted by atomic mass is 9.93. The first-order chi connectivity index (χ1) is 13.1. The van der Waals surface area contributed by atoms with Gasteiger partial charge in [-0.1, -0.05) is 0 Å². The third-order valence-electron chi connectivity index (χ3n) is 5.55. The second-order valence-electron chi connectivity index (χ2n) is 7.69. The lowest BCUT2D eigenvalue weighted by molar-refractivity contribution is -0.0533. The summed E-state index contributed by atoms with van der Waals surface area (Å²) in [5.41, 5.74) is 8.88. The molecular formula is C19H22F2N4OS. The molecule has 0 spiro atoms. The Labute approximate surface area is 161 Å². The van der Waals surface area contributed by atoms with E-state index in [2.05, 4.69) is 11.1 Å². The van der Waals surface area contributed by atoms with E-state index in [1.807, 2.05) is 16.0 Å².